The molecule has 0 atom stereocenters. The molecular weight excluding hydrogens is 324 g/mol. The van der Waals surface area contributed by atoms with Crippen molar-refractivity contribution in [2.24, 2.45) is 0 Å². The lowest BCUT2D eigenvalue weighted by Gasteiger charge is -2.18. The minimum Gasteiger partial charge on any atom is -0.0587 e. The van der Waals surface area contributed by atoms with Crippen LogP contribution < -0.4 is 0 Å². The Morgan fingerprint density at radius 2 is 1.22 bits per heavy atom. The second kappa shape index (κ2) is 5.82. The summed E-state index contributed by atoms with van der Waals surface area (Å²) in [5.74, 6) is 0.560. The maximum atomic E-state index is 2.36. The van der Waals surface area contributed by atoms with E-state index in [1.54, 1.807) is 0 Å². The van der Waals surface area contributed by atoms with E-state index in [0.717, 1.165) is 0 Å². The van der Waals surface area contributed by atoms with Gasteiger partial charge < -0.3 is 0 Å². The van der Waals surface area contributed by atoms with Gasteiger partial charge in [0, 0.05) is 0 Å². The molecule has 0 unspecified atom stereocenters. The maximum absolute atomic E-state index is 2.36. The van der Waals surface area contributed by atoms with Gasteiger partial charge in [-0.05, 0) is 79.9 Å². The molecule has 27 heavy (non-hydrogen) atoms. The van der Waals surface area contributed by atoms with Gasteiger partial charge >= 0.3 is 0 Å². The molecule has 0 heteroatoms. The Balaban J connectivity index is 1.90. The van der Waals surface area contributed by atoms with Gasteiger partial charge in [-0.3, -0.25) is 0 Å². The van der Waals surface area contributed by atoms with Crippen LogP contribution in [0.5, 0.6) is 0 Å². The van der Waals surface area contributed by atoms with Crippen LogP contribution in [0.2, 0.25) is 0 Å². The normalized spacial score (nSPS) is 12.0. The molecule has 0 aliphatic carbocycles. The van der Waals surface area contributed by atoms with Crippen LogP contribution in [0.3, 0.4) is 0 Å². The molecule has 0 bridgehead atoms. The number of rotatable bonds is 2. The Morgan fingerprint density at radius 3 is 1.96 bits per heavy atom. The topological polar surface area (TPSA) is 0 Å². The van der Waals surface area contributed by atoms with Crippen LogP contribution in [-0.4, -0.2) is 0 Å². The standard InChI is InChI=1S/C27H24/c1-16(2)19-7-9-20(10-8-19)25-18(4)15-22-12-11-21-6-5-17(3)23-13-14-24(25)27(22)26(21)23/h5-16H,1-4H3. The summed E-state index contributed by atoms with van der Waals surface area (Å²) in [5.41, 5.74) is 6.76. The predicted molar refractivity (Wildman–Crippen MR) is 119 cm³/mol. The zero-order chi connectivity index (χ0) is 18.7. The van der Waals surface area contributed by atoms with Crippen molar-refractivity contribution in [3.8, 4) is 11.1 Å². The van der Waals surface area contributed by atoms with Gasteiger partial charge in [-0.2, -0.15) is 0 Å². The number of hydrogen-bond donors (Lipinski definition) is 0. The van der Waals surface area contributed by atoms with E-state index in [1.807, 2.05) is 0 Å². The van der Waals surface area contributed by atoms with Crippen LogP contribution in [-0.2, 0) is 0 Å². The second-order valence-electron chi connectivity index (χ2n) is 8.15. The molecule has 5 aromatic rings. The molecule has 0 aromatic heterocycles. The van der Waals surface area contributed by atoms with Gasteiger partial charge in [-0.1, -0.05) is 80.6 Å². The molecular formula is C27H24. The van der Waals surface area contributed by atoms with E-state index in [9.17, 15) is 0 Å². The zero-order valence-corrected chi connectivity index (χ0v) is 16.4. The van der Waals surface area contributed by atoms with Crippen molar-refractivity contribution < 1.29 is 0 Å². The third-order valence-corrected chi connectivity index (χ3v) is 6.06. The lowest BCUT2D eigenvalue weighted by Crippen LogP contribution is -1.92. The fraction of sp³-hybridized carbons (Fsp3) is 0.185. The van der Waals surface area contributed by atoms with Crippen LogP contribution in [0.4, 0.5) is 0 Å². The quantitative estimate of drug-likeness (QED) is 0.284. The highest BCUT2D eigenvalue weighted by Gasteiger charge is 2.15. The monoisotopic (exact) mass is 348 g/mol. The minimum atomic E-state index is 0.560. The summed E-state index contributed by atoms with van der Waals surface area (Å²) in [6, 6.07) is 25.2. The molecule has 0 saturated heterocycles. The number of hydrogen-bond acceptors (Lipinski definition) is 0. The van der Waals surface area contributed by atoms with Gasteiger partial charge in [-0.15, -0.1) is 0 Å². The van der Waals surface area contributed by atoms with E-state index in [-0.39, 0.29) is 0 Å². The smallest absolute Gasteiger partial charge is 0.00203 e. The fourth-order valence-electron chi connectivity index (χ4n) is 4.58. The summed E-state index contributed by atoms with van der Waals surface area (Å²) in [6.07, 6.45) is 0. The summed E-state index contributed by atoms with van der Waals surface area (Å²) < 4.78 is 0. The largest absolute Gasteiger partial charge is 0.0587 e. The van der Waals surface area contributed by atoms with E-state index in [1.165, 1.54) is 60.1 Å². The Bertz CT molecular complexity index is 1290. The van der Waals surface area contributed by atoms with Crippen molar-refractivity contribution in [2.45, 2.75) is 33.6 Å². The highest BCUT2D eigenvalue weighted by molar-refractivity contribution is 6.26. The van der Waals surface area contributed by atoms with Gasteiger partial charge in [0.05, 0.1) is 0 Å². The SMILES string of the molecule is Cc1cc2ccc3ccc(C)c4ccc(c1-c1ccc(C(C)C)cc1)c2c34. The molecule has 132 valence electrons. The van der Waals surface area contributed by atoms with E-state index in [4.69, 9.17) is 0 Å². The Kier molecular flexibility index (Phi) is 3.52. The number of benzene rings is 5. The first-order chi connectivity index (χ1) is 13.0. The zero-order valence-electron chi connectivity index (χ0n) is 16.4. The van der Waals surface area contributed by atoms with Crippen molar-refractivity contribution in [1.82, 2.24) is 0 Å². The Labute approximate surface area is 160 Å². The van der Waals surface area contributed by atoms with Crippen LogP contribution in [0, 0.1) is 13.8 Å². The molecule has 5 aromatic carbocycles. The summed E-state index contributed by atoms with van der Waals surface area (Å²) in [5, 5.41) is 8.22. The first kappa shape index (κ1) is 16.3. The van der Waals surface area contributed by atoms with Gasteiger partial charge in [-0.25, -0.2) is 0 Å². The molecule has 0 spiro atoms. The molecule has 0 saturated carbocycles. The molecule has 0 nitrogen and oxygen atoms in total. The van der Waals surface area contributed by atoms with Gasteiger partial charge in [0.15, 0.2) is 0 Å². The molecule has 0 aliphatic heterocycles. The highest BCUT2D eigenvalue weighted by Crippen LogP contribution is 2.41. The molecule has 0 N–H and O–H groups in total. The first-order valence-electron chi connectivity index (χ1n) is 9.82. The predicted octanol–water partition coefficient (Wildman–Crippen LogP) is 7.99. The van der Waals surface area contributed by atoms with Crippen molar-refractivity contribution in [1.29, 1.82) is 0 Å². The molecule has 0 heterocycles. The molecule has 0 fully saturated rings. The van der Waals surface area contributed by atoms with Crippen molar-refractivity contribution in [3.05, 3.63) is 83.4 Å². The number of aryl methyl sites for hydroxylation is 2. The van der Waals surface area contributed by atoms with Gasteiger partial charge in [0.1, 0.15) is 0 Å². The molecule has 0 amide bonds. The van der Waals surface area contributed by atoms with Gasteiger partial charge in [0.2, 0.25) is 0 Å². The molecule has 0 radical (unpaired) electrons. The van der Waals surface area contributed by atoms with Crippen LogP contribution in [0.25, 0.3) is 43.4 Å². The van der Waals surface area contributed by atoms with Gasteiger partial charge in [0.25, 0.3) is 0 Å². The van der Waals surface area contributed by atoms with Crippen molar-refractivity contribution >= 4 is 32.3 Å². The second-order valence-corrected chi connectivity index (χ2v) is 8.15. The van der Waals surface area contributed by atoms with E-state index < -0.39 is 0 Å². The van der Waals surface area contributed by atoms with E-state index in [2.05, 4.69) is 94.4 Å². The minimum absolute atomic E-state index is 0.560. The maximum Gasteiger partial charge on any atom is -0.00203 e. The van der Waals surface area contributed by atoms with Crippen molar-refractivity contribution in [3.63, 3.8) is 0 Å². The lowest BCUT2D eigenvalue weighted by atomic mass is 9.86. The third kappa shape index (κ3) is 2.36. The summed E-state index contributed by atoms with van der Waals surface area (Å²) in [6.45, 7) is 8.95. The third-order valence-electron chi connectivity index (χ3n) is 6.06. The molecule has 5 rings (SSSR count). The average molecular weight is 348 g/mol. The van der Waals surface area contributed by atoms with Crippen LogP contribution in [0.15, 0.2) is 66.7 Å². The van der Waals surface area contributed by atoms with Crippen molar-refractivity contribution in [2.75, 3.05) is 0 Å². The lowest BCUT2D eigenvalue weighted by molar-refractivity contribution is 0.867. The summed E-state index contributed by atoms with van der Waals surface area (Å²) in [7, 11) is 0. The Morgan fingerprint density at radius 1 is 0.593 bits per heavy atom. The molecule has 0 aliphatic rings. The fourth-order valence-corrected chi connectivity index (χ4v) is 4.58. The van der Waals surface area contributed by atoms with Crippen LogP contribution in [0.1, 0.15) is 36.5 Å². The Hall–Kier alpha value is -2.86. The first-order valence-corrected chi connectivity index (χ1v) is 9.82. The van der Waals surface area contributed by atoms with E-state index in [0.29, 0.717) is 5.92 Å². The summed E-state index contributed by atoms with van der Waals surface area (Å²) >= 11 is 0. The average Bonchev–Trinajstić information content (AvgIpc) is 2.67. The van der Waals surface area contributed by atoms with Crippen LogP contribution >= 0.6 is 0 Å². The van der Waals surface area contributed by atoms with E-state index >= 15 is 0 Å². The highest BCUT2D eigenvalue weighted by atomic mass is 14.2. The summed E-state index contributed by atoms with van der Waals surface area (Å²) in [4.78, 5) is 0.